The fourth-order valence-corrected chi connectivity index (χ4v) is 3.64. The summed E-state index contributed by atoms with van der Waals surface area (Å²) in [7, 11) is 0. The number of aliphatic hydroxyl groups excluding tert-OH is 1. The van der Waals surface area contributed by atoms with Gasteiger partial charge < -0.3 is 15.3 Å². The summed E-state index contributed by atoms with van der Waals surface area (Å²) in [6.07, 6.45) is 11.9. The Morgan fingerprint density at radius 2 is 2.00 bits per heavy atom. The molecule has 0 radical (unpaired) electrons. The maximum atomic E-state index is 12.2. The van der Waals surface area contributed by atoms with Crippen molar-refractivity contribution in [2.75, 3.05) is 0 Å². The Labute approximate surface area is 168 Å². The summed E-state index contributed by atoms with van der Waals surface area (Å²) in [6, 6.07) is 0. The van der Waals surface area contributed by atoms with Crippen LogP contribution in [0.3, 0.4) is 0 Å². The predicted molar refractivity (Wildman–Crippen MR) is 111 cm³/mol. The second-order valence-electron chi connectivity index (χ2n) is 7.96. The highest BCUT2D eigenvalue weighted by atomic mass is 16.4. The smallest absolute Gasteiger partial charge is 0.303 e. The number of ketones is 1. The van der Waals surface area contributed by atoms with Gasteiger partial charge in [-0.15, -0.1) is 0 Å². The van der Waals surface area contributed by atoms with Gasteiger partial charge >= 0.3 is 5.97 Å². The Balaban J connectivity index is 2.65. The molecule has 1 fully saturated rings. The molecule has 0 aliphatic heterocycles. The summed E-state index contributed by atoms with van der Waals surface area (Å²) >= 11 is 0. The van der Waals surface area contributed by atoms with Crippen molar-refractivity contribution in [3.8, 4) is 0 Å². The highest BCUT2D eigenvalue weighted by Gasteiger charge is 2.39. The second kappa shape index (κ2) is 12.0. The molecule has 5 nitrogen and oxygen atoms in total. The lowest BCUT2D eigenvalue weighted by Gasteiger charge is -2.28. The summed E-state index contributed by atoms with van der Waals surface area (Å²) in [5, 5.41) is 29.7. The van der Waals surface area contributed by atoms with Gasteiger partial charge in [0.25, 0.3) is 0 Å². The van der Waals surface area contributed by atoms with E-state index in [4.69, 9.17) is 5.11 Å². The molecule has 0 aromatic heterocycles. The topological polar surface area (TPSA) is 94.8 Å². The van der Waals surface area contributed by atoms with Crippen LogP contribution in [0.15, 0.2) is 36.5 Å². The number of aliphatic carboxylic acids is 1. The molecule has 5 heteroatoms. The Hall–Kier alpha value is -1.72. The highest BCUT2D eigenvalue weighted by Crippen LogP contribution is 2.34. The molecule has 28 heavy (non-hydrogen) atoms. The fourth-order valence-electron chi connectivity index (χ4n) is 3.64. The van der Waals surface area contributed by atoms with Crippen LogP contribution >= 0.6 is 0 Å². The minimum Gasteiger partial charge on any atom is -0.481 e. The molecular formula is C23H36O5. The van der Waals surface area contributed by atoms with Crippen LogP contribution in [0.2, 0.25) is 0 Å². The number of carbonyl (C=O) groups is 2. The van der Waals surface area contributed by atoms with Crippen LogP contribution in [-0.2, 0) is 9.59 Å². The molecule has 0 saturated heterocycles. The lowest BCUT2D eigenvalue weighted by Crippen LogP contribution is -2.29. The largest absolute Gasteiger partial charge is 0.481 e. The third kappa shape index (κ3) is 7.72. The van der Waals surface area contributed by atoms with Crippen LogP contribution in [-0.4, -0.2) is 38.8 Å². The Morgan fingerprint density at radius 1 is 1.29 bits per heavy atom. The average Bonchev–Trinajstić information content (AvgIpc) is 2.89. The van der Waals surface area contributed by atoms with E-state index in [1.165, 1.54) is 0 Å². The quantitative estimate of drug-likeness (QED) is 0.323. The van der Waals surface area contributed by atoms with Gasteiger partial charge in [0, 0.05) is 24.7 Å². The van der Waals surface area contributed by atoms with Gasteiger partial charge in [0.05, 0.1) is 11.7 Å². The van der Waals surface area contributed by atoms with Gasteiger partial charge in [0.15, 0.2) is 0 Å². The first kappa shape index (κ1) is 24.3. The summed E-state index contributed by atoms with van der Waals surface area (Å²) in [4.78, 5) is 22.8. The molecule has 4 atom stereocenters. The van der Waals surface area contributed by atoms with Gasteiger partial charge in [-0.2, -0.15) is 0 Å². The van der Waals surface area contributed by atoms with E-state index >= 15 is 0 Å². The number of unbranched alkanes of at least 4 members (excludes halogenated alkanes) is 2. The van der Waals surface area contributed by atoms with E-state index in [1.54, 1.807) is 0 Å². The molecule has 3 N–H and O–H groups in total. The minimum absolute atomic E-state index is 0.0541. The normalized spacial score (nSPS) is 24.9. The van der Waals surface area contributed by atoms with Gasteiger partial charge in [0.1, 0.15) is 5.78 Å². The maximum Gasteiger partial charge on any atom is 0.303 e. The fraction of sp³-hybridized carbons (Fsp3) is 0.652. The van der Waals surface area contributed by atoms with E-state index in [0.717, 1.165) is 18.4 Å². The maximum absolute atomic E-state index is 12.2. The number of hydrogen-bond donors (Lipinski definition) is 3. The van der Waals surface area contributed by atoms with Crippen molar-refractivity contribution in [3.63, 3.8) is 0 Å². The number of carbonyl (C=O) groups excluding carboxylic acids is 1. The summed E-state index contributed by atoms with van der Waals surface area (Å²) < 4.78 is 0. The van der Waals surface area contributed by atoms with Gasteiger partial charge in [-0.25, -0.2) is 0 Å². The van der Waals surface area contributed by atoms with Crippen molar-refractivity contribution in [3.05, 3.63) is 36.5 Å². The number of rotatable bonds is 13. The van der Waals surface area contributed by atoms with E-state index in [0.29, 0.717) is 32.1 Å². The second-order valence-corrected chi connectivity index (χ2v) is 7.96. The molecule has 1 rings (SSSR count). The van der Waals surface area contributed by atoms with Crippen LogP contribution in [0.5, 0.6) is 0 Å². The van der Waals surface area contributed by atoms with Gasteiger partial charge in [-0.1, -0.05) is 50.6 Å². The van der Waals surface area contributed by atoms with Crippen molar-refractivity contribution >= 4 is 11.8 Å². The summed E-state index contributed by atoms with van der Waals surface area (Å²) in [6.45, 7) is 7.82. The van der Waals surface area contributed by atoms with Crippen molar-refractivity contribution in [2.24, 2.45) is 11.8 Å². The molecule has 0 amide bonds. The van der Waals surface area contributed by atoms with Crippen molar-refractivity contribution in [1.82, 2.24) is 0 Å². The van der Waals surface area contributed by atoms with Crippen LogP contribution in [0.25, 0.3) is 0 Å². The number of aliphatic hydroxyl groups is 2. The number of allylic oxidation sites excluding steroid dienone is 2. The number of Topliss-reactive ketones (excluding diaryl/α,β-unsaturated/α-hetero) is 1. The van der Waals surface area contributed by atoms with Gasteiger partial charge in [0.2, 0.25) is 0 Å². The molecule has 1 aliphatic carbocycles. The van der Waals surface area contributed by atoms with Gasteiger partial charge in [-0.3, -0.25) is 9.59 Å². The van der Waals surface area contributed by atoms with Gasteiger partial charge in [-0.05, 0) is 44.6 Å². The molecule has 1 aliphatic rings. The highest BCUT2D eigenvalue weighted by molar-refractivity contribution is 5.84. The summed E-state index contributed by atoms with van der Waals surface area (Å²) in [5.74, 6) is -1.27. The molecule has 158 valence electrons. The van der Waals surface area contributed by atoms with E-state index in [1.807, 2.05) is 31.2 Å². The molecule has 0 aromatic rings. The predicted octanol–water partition coefficient (Wildman–Crippen LogP) is 4.20. The SMILES string of the molecule is C=C(C)C(O)(C/C=C/[C@H]1[C@H](O)CC(=O)[C@@H]1C/C=C\CCCC(=O)O)CCCC. The molecule has 0 bridgehead atoms. The Morgan fingerprint density at radius 3 is 2.61 bits per heavy atom. The number of carboxylic acids is 1. The molecule has 0 spiro atoms. The Bertz CT molecular complexity index is 592. The van der Waals surface area contributed by atoms with E-state index < -0.39 is 17.7 Å². The van der Waals surface area contributed by atoms with Crippen LogP contribution in [0.4, 0.5) is 0 Å². The molecule has 0 heterocycles. The van der Waals surface area contributed by atoms with Crippen molar-refractivity contribution < 1.29 is 24.9 Å². The molecule has 1 saturated carbocycles. The van der Waals surface area contributed by atoms with Crippen LogP contribution in [0, 0.1) is 11.8 Å². The first-order chi connectivity index (χ1) is 13.2. The zero-order valence-electron chi connectivity index (χ0n) is 17.3. The zero-order chi connectivity index (χ0) is 21.2. The third-order valence-corrected chi connectivity index (χ3v) is 5.60. The average molecular weight is 393 g/mol. The third-order valence-electron chi connectivity index (χ3n) is 5.60. The first-order valence-electron chi connectivity index (χ1n) is 10.3. The van der Waals surface area contributed by atoms with E-state index in [2.05, 4.69) is 13.5 Å². The standard InChI is InChI=1S/C23H36O5/c1-4-5-14-23(28,17(2)3)15-10-12-19-18(20(24)16-21(19)25)11-8-6-7-9-13-22(26)27/h6,8,10,12,18-19,21,25,28H,2,4-5,7,9,11,13-16H2,1,3H3,(H,26,27)/b8-6-,12-10+/t18-,19-,21-,23?/m1/s1. The van der Waals surface area contributed by atoms with E-state index in [9.17, 15) is 19.8 Å². The van der Waals surface area contributed by atoms with Crippen molar-refractivity contribution in [2.45, 2.75) is 83.3 Å². The lowest BCUT2D eigenvalue weighted by molar-refractivity contribution is -0.137. The molecule has 0 aromatic carbocycles. The number of carboxylic acid groups (broad SMARTS) is 1. The first-order valence-corrected chi connectivity index (χ1v) is 10.3. The van der Waals surface area contributed by atoms with Crippen LogP contribution < -0.4 is 0 Å². The van der Waals surface area contributed by atoms with Crippen molar-refractivity contribution in [1.29, 1.82) is 0 Å². The monoisotopic (exact) mass is 392 g/mol. The Kier molecular flexibility index (Phi) is 10.4. The molecule has 1 unspecified atom stereocenters. The minimum atomic E-state index is -0.945. The lowest BCUT2D eigenvalue weighted by atomic mass is 9.85. The van der Waals surface area contributed by atoms with Crippen LogP contribution in [0.1, 0.15) is 71.6 Å². The van der Waals surface area contributed by atoms with E-state index in [-0.39, 0.29) is 30.5 Å². The number of hydrogen-bond acceptors (Lipinski definition) is 4. The summed E-state index contributed by atoms with van der Waals surface area (Å²) in [5.41, 5.74) is -0.214. The zero-order valence-corrected chi connectivity index (χ0v) is 17.3. The molecular weight excluding hydrogens is 356 g/mol.